The van der Waals surface area contributed by atoms with Crippen LogP contribution in [0.3, 0.4) is 0 Å². The van der Waals surface area contributed by atoms with Crippen molar-refractivity contribution in [1.82, 2.24) is 10.6 Å². The van der Waals surface area contributed by atoms with Crippen molar-refractivity contribution in [2.24, 2.45) is 0 Å². The van der Waals surface area contributed by atoms with Crippen LogP contribution in [0.15, 0.2) is 30.3 Å². The summed E-state index contributed by atoms with van der Waals surface area (Å²) < 4.78 is 0. The Morgan fingerprint density at radius 2 is 1.89 bits per heavy atom. The molecule has 2 amide bonds. The minimum atomic E-state index is -0.352. The van der Waals surface area contributed by atoms with E-state index in [1.54, 1.807) is 31.2 Å². The quantitative estimate of drug-likeness (QED) is 0.634. The predicted octanol–water partition coefficient (Wildman–Crippen LogP) is 0.694. The van der Waals surface area contributed by atoms with Gasteiger partial charge >= 0.3 is 0 Å². The topological polar surface area (TPSA) is 78.4 Å². The number of amides is 2. The van der Waals surface area contributed by atoms with Crippen molar-refractivity contribution in [3.8, 4) is 0 Å². The number of nitrogens with one attached hydrogen (secondary N) is 2. The monoisotopic (exact) mass is 264 g/mol. The van der Waals surface area contributed by atoms with Crippen LogP contribution in [0, 0.1) is 0 Å². The van der Waals surface area contributed by atoms with Crippen molar-refractivity contribution in [1.29, 1.82) is 0 Å². The molecule has 0 aromatic heterocycles. The van der Waals surface area contributed by atoms with Gasteiger partial charge < -0.3 is 15.7 Å². The van der Waals surface area contributed by atoms with Crippen LogP contribution >= 0.6 is 0 Å². The van der Waals surface area contributed by atoms with Crippen molar-refractivity contribution >= 4 is 11.8 Å². The van der Waals surface area contributed by atoms with E-state index in [-0.39, 0.29) is 24.5 Å². The zero-order valence-corrected chi connectivity index (χ0v) is 11.1. The van der Waals surface area contributed by atoms with E-state index in [1.165, 1.54) is 0 Å². The Morgan fingerprint density at radius 1 is 1.21 bits per heavy atom. The van der Waals surface area contributed by atoms with Gasteiger partial charge in [-0.1, -0.05) is 18.2 Å². The molecule has 0 aliphatic carbocycles. The van der Waals surface area contributed by atoms with Gasteiger partial charge in [-0.3, -0.25) is 9.59 Å². The molecule has 0 aliphatic rings. The summed E-state index contributed by atoms with van der Waals surface area (Å²) in [5, 5.41) is 14.3. The lowest BCUT2D eigenvalue weighted by Crippen LogP contribution is -2.37. The maximum atomic E-state index is 11.6. The molecule has 0 aliphatic heterocycles. The molecule has 0 spiro atoms. The molecule has 5 nitrogen and oxygen atoms in total. The predicted molar refractivity (Wildman–Crippen MR) is 72.7 cm³/mol. The summed E-state index contributed by atoms with van der Waals surface area (Å²) in [6.07, 6.45) is 1.02. The molecule has 1 aromatic carbocycles. The minimum absolute atomic E-state index is 0.0393. The van der Waals surface area contributed by atoms with Gasteiger partial charge in [0.1, 0.15) is 0 Å². The lowest BCUT2D eigenvalue weighted by Gasteiger charge is -2.07. The highest BCUT2D eigenvalue weighted by Gasteiger charge is 2.06. The van der Waals surface area contributed by atoms with Crippen LogP contribution in [0.25, 0.3) is 0 Å². The Hall–Kier alpha value is -1.88. The van der Waals surface area contributed by atoms with Crippen molar-refractivity contribution in [2.45, 2.75) is 25.9 Å². The molecule has 1 aromatic rings. The zero-order chi connectivity index (χ0) is 14.1. The van der Waals surface area contributed by atoms with E-state index in [0.29, 0.717) is 18.5 Å². The molecule has 3 N–H and O–H groups in total. The third-order valence-electron chi connectivity index (χ3n) is 2.57. The van der Waals surface area contributed by atoms with Gasteiger partial charge in [0.25, 0.3) is 5.91 Å². The van der Waals surface area contributed by atoms with Crippen LogP contribution in [-0.4, -0.2) is 36.1 Å². The Balaban J connectivity index is 2.18. The Kier molecular flexibility index (Phi) is 6.60. The van der Waals surface area contributed by atoms with Gasteiger partial charge in [0.05, 0.1) is 12.6 Å². The first-order valence-corrected chi connectivity index (χ1v) is 6.37. The maximum Gasteiger partial charge on any atom is 0.251 e. The van der Waals surface area contributed by atoms with Gasteiger partial charge in [0.15, 0.2) is 0 Å². The van der Waals surface area contributed by atoms with Gasteiger partial charge in [-0.25, -0.2) is 0 Å². The lowest BCUT2D eigenvalue weighted by molar-refractivity contribution is -0.120. The summed E-state index contributed by atoms with van der Waals surface area (Å²) >= 11 is 0. The van der Waals surface area contributed by atoms with Crippen molar-refractivity contribution < 1.29 is 14.7 Å². The smallest absolute Gasteiger partial charge is 0.251 e. The fourth-order valence-electron chi connectivity index (χ4n) is 1.54. The van der Waals surface area contributed by atoms with E-state index in [9.17, 15) is 9.59 Å². The van der Waals surface area contributed by atoms with Gasteiger partial charge in [-0.15, -0.1) is 0 Å². The summed E-state index contributed by atoms with van der Waals surface area (Å²) in [4.78, 5) is 23.1. The van der Waals surface area contributed by atoms with Crippen molar-refractivity contribution in [3.63, 3.8) is 0 Å². The largest absolute Gasteiger partial charge is 0.393 e. The fourth-order valence-corrected chi connectivity index (χ4v) is 1.54. The van der Waals surface area contributed by atoms with Crippen molar-refractivity contribution in [2.75, 3.05) is 13.1 Å². The van der Waals surface area contributed by atoms with Gasteiger partial charge in [-0.2, -0.15) is 0 Å². The van der Waals surface area contributed by atoms with Crippen LogP contribution in [0.4, 0.5) is 0 Å². The highest BCUT2D eigenvalue weighted by atomic mass is 16.3. The second-order valence-corrected chi connectivity index (χ2v) is 4.39. The van der Waals surface area contributed by atoms with E-state index in [1.807, 2.05) is 6.07 Å². The number of carbonyl (C=O) groups excluding carboxylic acids is 2. The molecular weight excluding hydrogens is 244 g/mol. The fraction of sp³-hybridized carbons (Fsp3) is 0.429. The summed E-state index contributed by atoms with van der Waals surface area (Å²) in [6, 6.07) is 8.74. The third-order valence-corrected chi connectivity index (χ3v) is 2.57. The first-order valence-electron chi connectivity index (χ1n) is 6.37. The maximum absolute atomic E-state index is 11.6. The number of benzene rings is 1. The minimum Gasteiger partial charge on any atom is -0.393 e. The van der Waals surface area contributed by atoms with Crippen LogP contribution in [0.2, 0.25) is 0 Å². The summed E-state index contributed by atoms with van der Waals surface area (Å²) in [7, 11) is 0. The van der Waals surface area contributed by atoms with Gasteiger partial charge in [0, 0.05) is 12.1 Å². The summed E-state index contributed by atoms with van der Waals surface area (Å²) in [5.41, 5.74) is 0.532. The molecule has 0 heterocycles. The molecule has 1 unspecified atom stereocenters. The second-order valence-electron chi connectivity index (χ2n) is 4.39. The van der Waals surface area contributed by atoms with E-state index in [4.69, 9.17) is 5.11 Å². The highest BCUT2D eigenvalue weighted by Crippen LogP contribution is 1.97. The second kappa shape index (κ2) is 8.26. The van der Waals surface area contributed by atoms with E-state index < -0.39 is 0 Å². The molecule has 1 atom stereocenters. The SMILES string of the molecule is CC(O)CCCNC(=O)CNC(=O)c1ccccc1. The van der Waals surface area contributed by atoms with Crippen LogP contribution in [0.1, 0.15) is 30.1 Å². The number of carbonyl (C=O) groups is 2. The Bertz CT molecular complexity index is 404. The van der Waals surface area contributed by atoms with Gasteiger partial charge in [0.2, 0.25) is 5.91 Å². The molecule has 0 saturated heterocycles. The molecule has 104 valence electrons. The highest BCUT2D eigenvalue weighted by molar-refractivity contribution is 5.96. The molecule has 0 bridgehead atoms. The van der Waals surface area contributed by atoms with Crippen molar-refractivity contribution in [3.05, 3.63) is 35.9 Å². The van der Waals surface area contributed by atoms with E-state index >= 15 is 0 Å². The van der Waals surface area contributed by atoms with E-state index in [2.05, 4.69) is 10.6 Å². The first kappa shape index (κ1) is 15.2. The molecule has 5 heteroatoms. The standard InChI is InChI=1S/C14H20N2O3/c1-11(17)6-5-9-15-13(18)10-16-14(19)12-7-3-2-4-8-12/h2-4,7-8,11,17H,5-6,9-10H2,1H3,(H,15,18)(H,16,19). The molecule has 1 rings (SSSR count). The lowest BCUT2D eigenvalue weighted by atomic mass is 10.2. The molecule has 0 saturated carbocycles. The van der Waals surface area contributed by atoms with E-state index in [0.717, 1.165) is 6.42 Å². The third kappa shape index (κ3) is 6.57. The van der Waals surface area contributed by atoms with Crippen LogP contribution in [0.5, 0.6) is 0 Å². The Labute approximate surface area is 113 Å². The summed E-state index contributed by atoms with van der Waals surface area (Å²) in [6.45, 7) is 2.18. The zero-order valence-electron chi connectivity index (χ0n) is 11.1. The summed E-state index contributed by atoms with van der Waals surface area (Å²) in [5.74, 6) is -0.491. The normalized spacial score (nSPS) is 11.7. The molecule has 0 radical (unpaired) electrons. The number of aliphatic hydroxyl groups is 1. The van der Waals surface area contributed by atoms with Crippen LogP contribution < -0.4 is 10.6 Å². The number of hydrogen-bond acceptors (Lipinski definition) is 3. The molecule has 19 heavy (non-hydrogen) atoms. The number of rotatable bonds is 7. The first-order chi connectivity index (χ1) is 9.09. The Morgan fingerprint density at radius 3 is 2.53 bits per heavy atom. The average Bonchev–Trinajstić information content (AvgIpc) is 2.41. The van der Waals surface area contributed by atoms with Gasteiger partial charge in [-0.05, 0) is 31.9 Å². The van der Waals surface area contributed by atoms with Crippen LogP contribution in [-0.2, 0) is 4.79 Å². The number of hydrogen-bond donors (Lipinski definition) is 3. The number of aliphatic hydroxyl groups excluding tert-OH is 1. The molecular formula is C14H20N2O3. The average molecular weight is 264 g/mol. The molecule has 0 fully saturated rings.